The highest BCUT2D eigenvalue weighted by Gasteiger charge is 1.87. The van der Waals surface area contributed by atoms with Crippen molar-refractivity contribution in [2.75, 3.05) is 4.34 Å². The summed E-state index contributed by atoms with van der Waals surface area (Å²) in [6.45, 7) is 0. The predicted molar refractivity (Wildman–Crippen MR) is 51.7 cm³/mol. The van der Waals surface area contributed by atoms with Crippen LogP contribution in [0.25, 0.3) is 0 Å². The van der Waals surface area contributed by atoms with Crippen LogP contribution in [0, 0.1) is 3.57 Å². The Morgan fingerprint density at radius 1 is 1.44 bits per heavy atom. The molecule has 0 saturated carbocycles. The minimum Gasteiger partial charge on any atom is -0.322 e. The van der Waals surface area contributed by atoms with Crippen molar-refractivity contribution >= 4 is 44.4 Å². The molecule has 0 bridgehead atoms. The number of nitrogens with one attached hydrogen (secondary N) is 1. The molecule has 0 aromatic heterocycles. The Morgan fingerprint density at radius 2 is 2.22 bits per heavy atom. The van der Waals surface area contributed by atoms with Gasteiger partial charge in [0.1, 0.15) is 0 Å². The van der Waals surface area contributed by atoms with Crippen LogP contribution in [-0.2, 0) is 0 Å². The minimum atomic E-state index is 1.09. The smallest absolute Gasteiger partial charge is 0.0465 e. The Hall–Kier alpha value is 0.230. The molecule has 9 heavy (non-hydrogen) atoms. The molecule has 0 aliphatic carbocycles. The van der Waals surface area contributed by atoms with Gasteiger partial charge >= 0.3 is 0 Å². The van der Waals surface area contributed by atoms with Crippen molar-refractivity contribution in [3.8, 4) is 0 Å². The number of rotatable bonds is 1. The summed E-state index contributed by atoms with van der Waals surface area (Å²) in [5.41, 5.74) is 1.09. The van der Waals surface area contributed by atoms with Gasteiger partial charge in [0, 0.05) is 25.4 Å². The van der Waals surface area contributed by atoms with Crippen LogP contribution in [0.15, 0.2) is 24.3 Å². The summed E-state index contributed by atoms with van der Waals surface area (Å²) in [4.78, 5) is 0. The molecule has 1 nitrogen and oxygen atoms in total. The van der Waals surface area contributed by atoms with Gasteiger partial charge in [0.05, 0.1) is 0 Å². The third-order valence-corrected chi connectivity index (χ3v) is 2.06. The van der Waals surface area contributed by atoms with Crippen LogP contribution in [0.4, 0.5) is 5.69 Å². The van der Waals surface area contributed by atoms with E-state index in [1.165, 1.54) is 3.57 Å². The Balaban J connectivity index is 2.94. The monoisotopic (exact) mass is 297 g/mol. The summed E-state index contributed by atoms with van der Waals surface area (Å²) in [5.74, 6) is 0. The van der Waals surface area contributed by atoms with Gasteiger partial charge in [-0.1, -0.05) is 6.07 Å². The highest BCUT2D eigenvalue weighted by Crippen LogP contribution is 2.12. The molecule has 3 heteroatoms. The van der Waals surface area contributed by atoms with Gasteiger partial charge in [-0.05, 0) is 40.8 Å². The van der Waals surface area contributed by atoms with Crippen molar-refractivity contribution in [2.45, 2.75) is 0 Å². The number of hydrogen-bond donors (Lipinski definition) is 1. The molecular formula is C6H5BrIN. The van der Waals surface area contributed by atoms with Crippen molar-refractivity contribution in [2.24, 2.45) is 0 Å². The van der Waals surface area contributed by atoms with Gasteiger partial charge in [-0.3, -0.25) is 0 Å². The first-order chi connectivity index (χ1) is 4.33. The first-order valence-electron chi connectivity index (χ1n) is 2.45. The summed E-state index contributed by atoms with van der Waals surface area (Å²) >= 11 is 5.41. The Morgan fingerprint density at radius 3 is 2.67 bits per heavy atom. The fourth-order valence-corrected chi connectivity index (χ4v) is 1.34. The van der Waals surface area contributed by atoms with E-state index in [1.807, 2.05) is 12.1 Å². The van der Waals surface area contributed by atoms with E-state index < -0.39 is 0 Å². The molecule has 0 saturated heterocycles. The predicted octanol–water partition coefficient (Wildman–Crippen LogP) is 3.01. The molecule has 1 aromatic carbocycles. The molecule has 0 radical (unpaired) electrons. The molecule has 1 aromatic rings. The Bertz CT molecular complexity index is 202. The SMILES string of the molecule is BrNc1cccc(I)c1. The number of hydrogen-bond acceptors (Lipinski definition) is 1. The minimum absolute atomic E-state index is 1.09. The molecule has 1 rings (SSSR count). The topological polar surface area (TPSA) is 12.0 Å². The average Bonchev–Trinajstić information content (AvgIpc) is 1.88. The van der Waals surface area contributed by atoms with E-state index in [4.69, 9.17) is 0 Å². The van der Waals surface area contributed by atoms with Gasteiger partial charge in [-0.25, -0.2) is 0 Å². The summed E-state index contributed by atoms with van der Waals surface area (Å²) in [6, 6.07) is 8.10. The Kier molecular flexibility index (Phi) is 2.78. The average molecular weight is 298 g/mol. The standard InChI is InChI=1S/C6H5BrIN/c7-9-6-3-1-2-5(8)4-6/h1-4,9H. The first kappa shape index (κ1) is 7.34. The van der Waals surface area contributed by atoms with Gasteiger partial charge in [0.15, 0.2) is 0 Å². The van der Waals surface area contributed by atoms with Crippen molar-refractivity contribution < 1.29 is 0 Å². The molecule has 0 amide bonds. The lowest BCUT2D eigenvalue weighted by atomic mass is 10.3. The van der Waals surface area contributed by atoms with E-state index in [0.29, 0.717) is 0 Å². The normalized spacial score (nSPS) is 9.11. The van der Waals surface area contributed by atoms with E-state index in [2.05, 4.69) is 55.2 Å². The van der Waals surface area contributed by atoms with Crippen LogP contribution in [0.3, 0.4) is 0 Å². The quantitative estimate of drug-likeness (QED) is 0.621. The van der Waals surface area contributed by atoms with E-state index >= 15 is 0 Å². The van der Waals surface area contributed by atoms with Gasteiger partial charge in [0.2, 0.25) is 0 Å². The van der Waals surface area contributed by atoms with Crippen LogP contribution in [0.2, 0.25) is 0 Å². The molecule has 0 heterocycles. The lowest BCUT2D eigenvalue weighted by Crippen LogP contribution is -1.78. The molecule has 0 aliphatic heterocycles. The van der Waals surface area contributed by atoms with Gasteiger partial charge in [-0.15, -0.1) is 0 Å². The first-order valence-corrected chi connectivity index (χ1v) is 4.32. The summed E-state index contributed by atoms with van der Waals surface area (Å²) in [7, 11) is 0. The van der Waals surface area contributed by atoms with Crippen molar-refractivity contribution in [1.29, 1.82) is 0 Å². The molecule has 0 unspecified atom stereocenters. The van der Waals surface area contributed by atoms with Crippen molar-refractivity contribution in [3.05, 3.63) is 27.8 Å². The highest BCUT2D eigenvalue weighted by atomic mass is 127. The zero-order chi connectivity index (χ0) is 6.69. The van der Waals surface area contributed by atoms with Gasteiger partial charge in [-0.2, -0.15) is 0 Å². The van der Waals surface area contributed by atoms with Crippen LogP contribution >= 0.6 is 38.7 Å². The summed E-state index contributed by atoms with van der Waals surface area (Å²) in [6.07, 6.45) is 0. The van der Waals surface area contributed by atoms with Gasteiger partial charge < -0.3 is 4.34 Å². The summed E-state index contributed by atoms with van der Waals surface area (Å²) in [5, 5.41) is 0. The third kappa shape index (κ3) is 2.14. The Labute approximate surface area is 76.3 Å². The van der Waals surface area contributed by atoms with E-state index in [9.17, 15) is 0 Å². The molecule has 0 fully saturated rings. The third-order valence-electron chi connectivity index (χ3n) is 0.934. The van der Waals surface area contributed by atoms with E-state index in [-0.39, 0.29) is 0 Å². The fraction of sp³-hybridized carbons (Fsp3) is 0. The maximum atomic E-state index is 3.14. The maximum absolute atomic E-state index is 3.14. The molecule has 48 valence electrons. The van der Waals surface area contributed by atoms with E-state index in [1.54, 1.807) is 0 Å². The molecular weight excluding hydrogens is 293 g/mol. The molecule has 0 spiro atoms. The lowest BCUT2D eigenvalue weighted by Gasteiger charge is -1.95. The second kappa shape index (κ2) is 3.41. The second-order valence-electron chi connectivity index (χ2n) is 1.60. The molecule has 1 N–H and O–H groups in total. The fourth-order valence-electron chi connectivity index (χ4n) is 0.547. The molecule has 0 aliphatic rings. The number of halogens is 2. The lowest BCUT2D eigenvalue weighted by molar-refractivity contribution is 1.64. The van der Waals surface area contributed by atoms with Crippen molar-refractivity contribution in [1.82, 2.24) is 0 Å². The van der Waals surface area contributed by atoms with Crippen LogP contribution in [0.5, 0.6) is 0 Å². The largest absolute Gasteiger partial charge is 0.322 e. The van der Waals surface area contributed by atoms with Crippen molar-refractivity contribution in [3.63, 3.8) is 0 Å². The highest BCUT2D eigenvalue weighted by molar-refractivity contribution is 14.1. The number of anilines is 1. The van der Waals surface area contributed by atoms with Crippen LogP contribution in [0.1, 0.15) is 0 Å². The number of benzene rings is 1. The zero-order valence-corrected chi connectivity index (χ0v) is 8.31. The van der Waals surface area contributed by atoms with Gasteiger partial charge in [0.25, 0.3) is 0 Å². The zero-order valence-electron chi connectivity index (χ0n) is 4.57. The maximum Gasteiger partial charge on any atom is 0.0465 e. The van der Waals surface area contributed by atoms with Crippen LogP contribution in [-0.4, -0.2) is 0 Å². The summed E-state index contributed by atoms with van der Waals surface area (Å²) < 4.78 is 4.11. The molecule has 0 atom stereocenters. The van der Waals surface area contributed by atoms with Crippen LogP contribution < -0.4 is 4.34 Å². The second-order valence-corrected chi connectivity index (χ2v) is 3.25. The van der Waals surface area contributed by atoms with E-state index in [0.717, 1.165) is 5.69 Å².